The normalized spacial score (nSPS) is 12.9. The molecular formula is C13H27N3O2. The van der Waals surface area contributed by atoms with Gasteiger partial charge in [0.2, 0.25) is 11.8 Å². The molecule has 0 aromatic carbocycles. The number of carbonyl (C=O) groups excluding carboxylic acids is 2. The van der Waals surface area contributed by atoms with Crippen LogP contribution >= 0.6 is 0 Å². The summed E-state index contributed by atoms with van der Waals surface area (Å²) in [4.78, 5) is 23.1. The van der Waals surface area contributed by atoms with Crippen LogP contribution in [-0.2, 0) is 9.59 Å². The number of nitrogens with one attached hydrogen (secondary N) is 3. The summed E-state index contributed by atoms with van der Waals surface area (Å²) in [7, 11) is 0. The minimum absolute atomic E-state index is 0.00602. The lowest BCUT2D eigenvalue weighted by molar-refractivity contribution is -0.125. The molecule has 1 atom stereocenters. The fraction of sp³-hybridized carbons (Fsp3) is 0.846. The molecule has 5 nitrogen and oxygen atoms in total. The quantitative estimate of drug-likeness (QED) is 0.602. The molecule has 3 N–H and O–H groups in total. The molecule has 0 bridgehead atoms. The molecule has 0 aliphatic carbocycles. The Morgan fingerprint density at radius 2 is 1.83 bits per heavy atom. The predicted octanol–water partition coefficient (Wildman–Crippen LogP) is 0.795. The molecule has 18 heavy (non-hydrogen) atoms. The molecule has 0 radical (unpaired) electrons. The lowest BCUT2D eigenvalue weighted by Gasteiger charge is -2.26. The lowest BCUT2D eigenvalue weighted by atomic mass is 10.0. The van der Waals surface area contributed by atoms with E-state index in [9.17, 15) is 9.59 Å². The molecule has 1 unspecified atom stereocenters. The van der Waals surface area contributed by atoms with Crippen LogP contribution in [0.2, 0.25) is 0 Å². The fourth-order valence-corrected chi connectivity index (χ4v) is 1.31. The van der Waals surface area contributed by atoms with Gasteiger partial charge in [-0.15, -0.1) is 0 Å². The van der Waals surface area contributed by atoms with Crippen molar-refractivity contribution in [3.63, 3.8) is 0 Å². The van der Waals surface area contributed by atoms with Gasteiger partial charge in [-0.2, -0.15) is 0 Å². The van der Waals surface area contributed by atoms with Gasteiger partial charge in [0, 0.05) is 25.0 Å². The van der Waals surface area contributed by atoms with Crippen molar-refractivity contribution in [1.29, 1.82) is 0 Å². The Morgan fingerprint density at radius 1 is 1.22 bits per heavy atom. The maximum atomic E-state index is 11.8. The van der Waals surface area contributed by atoms with Crippen molar-refractivity contribution in [2.45, 2.75) is 59.0 Å². The van der Waals surface area contributed by atoms with E-state index in [0.29, 0.717) is 19.5 Å². The number of carbonyl (C=O) groups is 2. The van der Waals surface area contributed by atoms with Crippen molar-refractivity contribution < 1.29 is 9.59 Å². The second-order valence-electron chi connectivity index (χ2n) is 5.11. The second-order valence-corrected chi connectivity index (χ2v) is 5.11. The summed E-state index contributed by atoms with van der Waals surface area (Å²) in [5, 5.41) is 8.73. The first kappa shape index (κ1) is 16.9. The Kier molecular flexibility index (Phi) is 7.59. The molecule has 0 spiro atoms. The molecule has 0 saturated heterocycles. The van der Waals surface area contributed by atoms with E-state index in [2.05, 4.69) is 16.0 Å². The predicted molar refractivity (Wildman–Crippen MR) is 73.3 cm³/mol. The molecule has 0 aliphatic heterocycles. The van der Waals surface area contributed by atoms with Gasteiger partial charge in [-0.05, 0) is 34.1 Å². The maximum absolute atomic E-state index is 11.8. The molecule has 0 heterocycles. The highest BCUT2D eigenvalue weighted by molar-refractivity contribution is 5.82. The smallest absolute Gasteiger partial charge is 0.237 e. The van der Waals surface area contributed by atoms with Gasteiger partial charge in [0.25, 0.3) is 0 Å². The van der Waals surface area contributed by atoms with Gasteiger partial charge in [-0.3, -0.25) is 9.59 Å². The van der Waals surface area contributed by atoms with Crippen molar-refractivity contribution in [2.24, 2.45) is 0 Å². The molecule has 0 fully saturated rings. The zero-order valence-corrected chi connectivity index (χ0v) is 12.2. The average Bonchev–Trinajstić information content (AvgIpc) is 2.28. The first-order valence-electron chi connectivity index (χ1n) is 6.64. The summed E-state index contributed by atoms with van der Waals surface area (Å²) in [6.45, 7) is 10.9. The Hall–Kier alpha value is -1.10. The highest BCUT2D eigenvalue weighted by Gasteiger charge is 2.21. The Labute approximate surface area is 110 Å². The van der Waals surface area contributed by atoms with Crippen LogP contribution in [0.25, 0.3) is 0 Å². The summed E-state index contributed by atoms with van der Waals surface area (Å²) in [5.41, 5.74) is -0.188. The van der Waals surface area contributed by atoms with Gasteiger partial charge in [0.15, 0.2) is 0 Å². The zero-order valence-electron chi connectivity index (χ0n) is 12.2. The third kappa shape index (κ3) is 7.27. The van der Waals surface area contributed by atoms with E-state index in [4.69, 9.17) is 0 Å². The second kappa shape index (κ2) is 8.08. The van der Waals surface area contributed by atoms with Crippen molar-refractivity contribution in [3.8, 4) is 0 Å². The van der Waals surface area contributed by atoms with E-state index in [1.807, 2.05) is 27.7 Å². The van der Waals surface area contributed by atoms with E-state index < -0.39 is 0 Å². The molecule has 0 rings (SSSR count). The van der Waals surface area contributed by atoms with Gasteiger partial charge in [-0.25, -0.2) is 0 Å². The third-order valence-corrected chi connectivity index (χ3v) is 2.92. The summed E-state index contributed by atoms with van der Waals surface area (Å²) >= 11 is 0. The number of rotatable bonds is 8. The molecular weight excluding hydrogens is 230 g/mol. The first-order valence-corrected chi connectivity index (χ1v) is 6.64. The molecule has 5 heteroatoms. The minimum Gasteiger partial charge on any atom is -0.356 e. The van der Waals surface area contributed by atoms with Crippen LogP contribution in [0.4, 0.5) is 0 Å². The molecule has 0 saturated carbocycles. The lowest BCUT2D eigenvalue weighted by Crippen LogP contribution is -2.51. The average molecular weight is 257 g/mol. The fourth-order valence-electron chi connectivity index (χ4n) is 1.31. The van der Waals surface area contributed by atoms with Gasteiger partial charge in [-0.1, -0.05) is 6.92 Å². The summed E-state index contributed by atoms with van der Waals surface area (Å²) in [5.74, 6) is -0.0238. The van der Waals surface area contributed by atoms with Crippen LogP contribution in [0.3, 0.4) is 0 Å². The standard InChI is InChI=1S/C13H27N3O2/c1-6-13(4,5)16-12(18)10(3)15-9-8-11(17)14-7-2/h10,15H,6-9H2,1-5H3,(H,14,17)(H,16,18). The highest BCUT2D eigenvalue weighted by atomic mass is 16.2. The van der Waals surface area contributed by atoms with Gasteiger partial charge >= 0.3 is 0 Å². The number of hydrogen-bond donors (Lipinski definition) is 3. The SMILES string of the molecule is CCNC(=O)CCNC(C)C(=O)NC(C)(C)CC. The van der Waals surface area contributed by atoms with Gasteiger partial charge in [0.05, 0.1) is 6.04 Å². The van der Waals surface area contributed by atoms with Crippen molar-refractivity contribution >= 4 is 11.8 Å². The van der Waals surface area contributed by atoms with Crippen LogP contribution < -0.4 is 16.0 Å². The van der Waals surface area contributed by atoms with Crippen LogP contribution in [0.5, 0.6) is 0 Å². The molecule has 106 valence electrons. The van der Waals surface area contributed by atoms with Crippen molar-refractivity contribution in [2.75, 3.05) is 13.1 Å². The van der Waals surface area contributed by atoms with E-state index >= 15 is 0 Å². The van der Waals surface area contributed by atoms with E-state index in [1.165, 1.54) is 0 Å². The Morgan fingerprint density at radius 3 is 2.33 bits per heavy atom. The third-order valence-electron chi connectivity index (χ3n) is 2.92. The molecule has 0 aliphatic rings. The van der Waals surface area contributed by atoms with Gasteiger partial charge in [0.1, 0.15) is 0 Å². The minimum atomic E-state index is -0.287. The van der Waals surface area contributed by atoms with Gasteiger partial charge < -0.3 is 16.0 Å². The largest absolute Gasteiger partial charge is 0.356 e. The van der Waals surface area contributed by atoms with E-state index in [1.54, 1.807) is 6.92 Å². The Bertz CT molecular complexity index is 277. The molecule has 2 amide bonds. The summed E-state index contributed by atoms with van der Waals surface area (Å²) in [6, 6.07) is -0.287. The number of amides is 2. The van der Waals surface area contributed by atoms with Crippen molar-refractivity contribution in [3.05, 3.63) is 0 Å². The summed E-state index contributed by atoms with van der Waals surface area (Å²) < 4.78 is 0. The Balaban J connectivity index is 3.92. The monoisotopic (exact) mass is 257 g/mol. The number of hydrogen-bond acceptors (Lipinski definition) is 3. The van der Waals surface area contributed by atoms with Crippen LogP contribution in [0.1, 0.15) is 47.5 Å². The van der Waals surface area contributed by atoms with E-state index in [0.717, 1.165) is 6.42 Å². The van der Waals surface area contributed by atoms with E-state index in [-0.39, 0.29) is 23.4 Å². The maximum Gasteiger partial charge on any atom is 0.237 e. The van der Waals surface area contributed by atoms with Crippen LogP contribution in [0, 0.1) is 0 Å². The van der Waals surface area contributed by atoms with Crippen molar-refractivity contribution in [1.82, 2.24) is 16.0 Å². The highest BCUT2D eigenvalue weighted by Crippen LogP contribution is 2.06. The topological polar surface area (TPSA) is 70.2 Å². The van der Waals surface area contributed by atoms with Crippen LogP contribution in [-0.4, -0.2) is 36.5 Å². The molecule has 0 aromatic rings. The first-order chi connectivity index (χ1) is 8.32. The zero-order chi connectivity index (χ0) is 14.2. The van der Waals surface area contributed by atoms with Crippen LogP contribution in [0.15, 0.2) is 0 Å². The molecule has 0 aromatic heterocycles. The summed E-state index contributed by atoms with van der Waals surface area (Å²) in [6.07, 6.45) is 1.27.